The normalized spacial score (nSPS) is 11.5. The molecule has 0 radical (unpaired) electrons. The minimum Gasteiger partial charge on any atom is -0.358 e. The SMILES string of the molecule is Cc1[nH]c2ccccc2c1/C=N/NC(=O)Cn1c(-c2ccccn2)nc2ccccc21. The Morgan fingerprint density at radius 3 is 2.77 bits per heavy atom. The van der Waals surface area contributed by atoms with Crippen LogP contribution in [0.1, 0.15) is 11.3 Å². The van der Waals surface area contributed by atoms with E-state index in [1.807, 2.05) is 78.2 Å². The molecular weight excluding hydrogens is 388 g/mol. The van der Waals surface area contributed by atoms with Crippen LogP contribution in [0.3, 0.4) is 0 Å². The maximum absolute atomic E-state index is 12.7. The van der Waals surface area contributed by atoms with Crippen LogP contribution in [0.2, 0.25) is 0 Å². The average Bonchev–Trinajstić information content (AvgIpc) is 3.32. The van der Waals surface area contributed by atoms with Gasteiger partial charge in [-0.05, 0) is 37.3 Å². The van der Waals surface area contributed by atoms with Gasteiger partial charge in [-0.2, -0.15) is 5.10 Å². The summed E-state index contributed by atoms with van der Waals surface area (Å²) in [5.41, 5.74) is 8.03. The number of imidazole rings is 1. The van der Waals surface area contributed by atoms with Crippen molar-refractivity contribution in [1.29, 1.82) is 0 Å². The molecule has 7 nitrogen and oxygen atoms in total. The standard InChI is InChI=1S/C24H20N6O/c1-16-18(17-8-2-3-9-19(17)27-16)14-26-29-23(31)15-30-22-12-5-4-10-20(22)28-24(30)21-11-6-7-13-25-21/h2-14,27H,15H2,1H3,(H,29,31)/b26-14+. The van der Waals surface area contributed by atoms with Crippen molar-refractivity contribution in [1.82, 2.24) is 24.9 Å². The number of rotatable bonds is 5. The summed E-state index contributed by atoms with van der Waals surface area (Å²) in [5, 5.41) is 5.26. The molecule has 0 aliphatic heterocycles. The van der Waals surface area contributed by atoms with Gasteiger partial charge in [-0.15, -0.1) is 0 Å². The van der Waals surface area contributed by atoms with Crippen molar-refractivity contribution in [2.75, 3.05) is 0 Å². The highest BCUT2D eigenvalue weighted by atomic mass is 16.2. The maximum Gasteiger partial charge on any atom is 0.260 e. The van der Waals surface area contributed by atoms with Gasteiger partial charge >= 0.3 is 0 Å². The van der Waals surface area contributed by atoms with Gasteiger partial charge in [0.15, 0.2) is 5.82 Å². The van der Waals surface area contributed by atoms with Crippen molar-refractivity contribution in [3.63, 3.8) is 0 Å². The third-order valence-electron chi connectivity index (χ3n) is 5.18. The predicted octanol–water partition coefficient (Wildman–Crippen LogP) is 4.04. The second kappa shape index (κ2) is 7.87. The van der Waals surface area contributed by atoms with Crippen molar-refractivity contribution >= 4 is 34.1 Å². The minimum atomic E-state index is -0.242. The van der Waals surface area contributed by atoms with Crippen LogP contribution >= 0.6 is 0 Å². The number of hydrazone groups is 1. The molecule has 0 saturated carbocycles. The Kier molecular flexibility index (Phi) is 4.76. The maximum atomic E-state index is 12.7. The lowest BCUT2D eigenvalue weighted by Gasteiger charge is -2.07. The van der Waals surface area contributed by atoms with Crippen LogP contribution < -0.4 is 5.43 Å². The molecule has 0 bridgehead atoms. The van der Waals surface area contributed by atoms with Crippen LogP contribution in [0.5, 0.6) is 0 Å². The Bertz CT molecular complexity index is 1410. The molecule has 0 unspecified atom stereocenters. The molecule has 3 aromatic heterocycles. The predicted molar refractivity (Wildman–Crippen MR) is 122 cm³/mol. The highest BCUT2D eigenvalue weighted by Gasteiger charge is 2.15. The van der Waals surface area contributed by atoms with Crippen LogP contribution in [0.4, 0.5) is 0 Å². The zero-order chi connectivity index (χ0) is 21.2. The highest BCUT2D eigenvalue weighted by Crippen LogP contribution is 2.23. The smallest absolute Gasteiger partial charge is 0.260 e. The number of nitrogens with zero attached hydrogens (tertiary/aromatic N) is 4. The van der Waals surface area contributed by atoms with E-state index in [4.69, 9.17) is 0 Å². The van der Waals surface area contributed by atoms with Crippen molar-refractivity contribution < 1.29 is 4.79 Å². The largest absolute Gasteiger partial charge is 0.358 e. The number of amides is 1. The summed E-state index contributed by atoms with van der Waals surface area (Å²) in [6.45, 7) is 2.07. The Morgan fingerprint density at radius 2 is 1.90 bits per heavy atom. The molecule has 0 saturated heterocycles. The van der Waals surface area contributed by atoms with Gasteiger partial charge in [0.25, 0.3) is 5.91 Å². The molecule has 0 atom stereocenters. The summed E-state index contributed by atoms with van der Waals surface area (Å²) < 4.78 is 1.86. The summed E-state index contributed by atoms with van der Waals surface area (Å²) in [5.74, 6) is 0.405. The molecule has 0 fully saturated rings. The van der Waals surface area contributed by atoms with E-state index in [2.05, 4.69) is 25.5 Å². The number of aromatic amines is 1. The van der Waals surface area contributed by atoms with Crippen LogP contribution in [-0.2, 0) is 11.3 Å². The molecule has 3 heterocycles. The zero-order valence-electron chi connectivity index (χ0n) is 16.9. The van der Waals surface area contributed by atoms with Crippen LogP contribution in [0.15, 0.2) is 78.0 Å². The topological polar surface area (TPSA) is 88.0 Å². The van der Waals surface area contributed by atoms with E-state index in [-0.39, 0.29) is 12.5 Å². The number of aryl methyl sites for hydroxylation is 1. The Balaban J connectivity index is 1.40. The van der Waals surface area contributed by atoms with Gasteiger partial charge in [-0.25, -0.2) is 10.4 Å². The lowest BCUT2D eigenvalue weighted by Crippen LogP contribution is -2.23. The molecule has 2 aromatic carbocycles. The summed E-state index contributed by atoms with van der Waals surface area (Å²) in [4.78, 5) is 25.1. The van der Waals surface area contributed by atoms with Gasteiger partial charge < -0.3 is 9.55 Å². The number of aromatic nitrogens is 4. The fourth-order valence-electron chi connectivity index (χ4n) is 3.74. The van der Waals surface area contributed by atoms with Crippen molar-refractivity contribution in [3.05, 3.63) is 84.2 Å². The van der Waals surface area contributed by atoms with Crippen molar-refractivity contribution in [2.24, 2.45) is 5.10 Å². The van der Waals surface area contributed by atoms with Crippen LogP contribution in [0, 0.1) is 6.92 Å². The van der Waals surface area contributed by atoms with Crippen LogP contribution in [0.25, 0.3) is 33.5 Å². The summed E-state index contributed by atoms with van der Waals surface area (Å²) in [6.07, 6.45) is 3.39. The number of hydrogen-bond donors (Lipinski definition) is 2. The minimum absolute atomic E-state index is 0.0800. The number of H-pyrrole nitrogens is 1. The van der Waals surface area contributed by atoms with Crippen molar-refractivity contribution in [2.45, 2.75) is 13.5 Å². The first-order chi connectivity index (χ1) is 15.2. The number of fused-ring (bicyclic) bond motifs is 2. The lowest BCUT2D eigenvalue weighted by molar-refractivity contribution is -0.121. The molecule has 0 aliphatic carbocycles. The summed E-state index contributed by atoms with van der Waals surface area (Å²) >= 11 is 0. The van der Waals surface area contributed by atoms with Gasteiger partial charge in [0.1, 0.15) is 12.2 Å². The monoisotopic (exact) mass is 408 g/mol. The number of benzene rings is 2. The average molecular weight is 408 g/mol. The quantitative estimate of drug-likeness (QED) is 0.340. The van der Waals surface area contributed by atoms with Gasteiger partial charge in [0.05, 0.1) is 17.2 Å². The number of carbonyl (C=O) groups excluding carboxylic acids is 1. The zero-order valence-corrected chi connectivity index (χ0v) is 16.9. The third-order valence-corrected chi connectivity index (χ3v) is 5.18. The number of hydrogen-bond acceptors (Lipinski definition) is 4. The van der Waals surface area contributed by atoms with E-state index in [9.17, 15) is 4.79 Å². The van der Waals surface area contributed by atoms with E-state index in [0.717, 1.165) is 33.2 Å². The number of carbonyl (C=O) groups is 1. The fourth-order valence-corrected chi connectivity index (χ4v) is 3.74. The Morgan fingerprint density at radius 1 is 1.10 bits per heavy atom. The number of para-hydroxylation sites is 3. The second-order valence-corrected chi connectivity index (χ2v) is 7.23. The molecular formula is C24H20N6O. The van der Waals surface area contributed by atoms with Gasteiger partial charge in [-0.3, -0.25) is 9.78 Å². The molecule has 0 aliphatic rings. The second-order valence-electron chi connectivity index (χ2n) is 7.23. The molecule has 31 heavy (non-hydrogen) atoms. The Labute approximate surface area is 178 Å². The third kappa shape index (κ3) is 3.57. The first-order valence-corrected chi connectivity index (χ1v) is 9.96. The lowest BCUT2D eigenvalue weighted by atomic mass is 10.1. The first kappa shape index (κ1) is 18.7. The molecule has 2 N–H and O–H groups in total. The Hall–Kier alpha value is -4.26. The molecule has 0 spiro atoms. The summed E-state index contributed by atoms with van der Waals surface area (Å²) in [7, 11) is 0. The first-order valence-electron chi connectivity index (χ1n) is 9.96. The van der Waals surface area contributed by atoms with Crippen molar-refractivity contribution in [3.8, 4) is 11.5 Å². The molecule has 152 valence electrons. The molecule has 5 rings (SSSR count). The van der Waals surface area contributed by atoms with Crippen LogP contribution in [-0.4, -0.2) is 31.6 Å². The molecule has 7 heteroatoms. The van der Waals surface area contributed by atoms with Gasteiger partial charge in [0, 0.05) is 28.4 Å². The molecule has 5 aromatic rings. The molecule has 1 amide bonds. The summed E-state index contributed by atoms with van der Waals surface area (Å²) in [6, 6.07) is 21.4. The number of pyridine rings is 1. The van der Waals surface area contributed by atoms with Gasteiger partial charge in [-0.1, -0.05) is 36.4 Å². The van der Waals surface area contributed by atoms with E-state index in [1.165, 1.54) is 0 Å². The van der Waals surface area contributed by atoms with E-state index in [1.54, 1.807) is 12.4 Å². The fraction of sp³-hybridized carbons (Fsp3) is 0.0833. The van der Waals surface area contributed by atoms with Gasteiger partial charge in [0.2, 0.25) is 0 Å². The number of nitrogens with one attached hydrogen (secondary N) is 2. The van der Waals surface area contributed by atoms with E-state index in [0.29, 0.717) is 11.5 Å². The van der Waals surface area contributed by atoms with E-state index < -0.39 is 0 Å². The highest BCUT2D eigenvalue weighted by molar-refractivity contribution is 6.00. The van der Waals surface area contributed by atoms with E-state index >= 15 is 0 Å².